The van der Waals surface area contributed by atoms with E-state index in [9.17, 15) is 14.4 Å². The number of aryl methyl sites for hydroxylation is 1. The van der Waals surface area contributed by atoms with Crippen LogP contribution in [0.3, 0.4) is 0 Å². The molecule has 3 aromatic rings. The molecule has 6 heteroatoms. The summed E-state index contributed by atoms with van der Waals surface area (Å²) >= 11 is 0. The zero-order valence-corrected chi connectivity index (χ0v) is 17.4. The first-order valence-corrected chi connectivity index (χ1v) is 9.66. The summed E-state index contributed by atoms with van der Waals surface area (Å²) in [5, 5.41) is 2.82. The summed E-state index contributed by atoms with van der Waals surface area (Å²) in [6.07, 6.45) is -0.854. The predicted molar refractivity (Wildman–Crippen MR) is 116 cm³/mol. The number of rotatable bonds is 7. The summed E-state index contributed by atoms with van der Waals surface area (Å²) in [4.78, 5) is 40.5. The number of anilines is 1. The first-order chi connectivity index (χ1) is 14.3. The fourth-order valence-electron chi connectivity index (χ4n) is 3.45. The molecule has 1 amide bonds. The van der Waals surface area contributed by atoms with Gasteiger partial charge in [0.15, 0.2) is 11.9 Å². The molecule has 2 N–H and O–H groups in total. The first kappa shape index (κ1) is 21.0. The number of Topliss-reactive ketones (excluding diaryl/α,β-unsaturated/α-hetero) is 2. The maximum Gasteiger partial charge on any atom is 0.259 e. The lowest BCUT2D eigenvalue weighted by Crippen LogP contribution is -2.26. The number of aromatic nitrogens is 1. The van der Waals surface area contributed by atoms with Crippen LogP contribution in [0.5, 0.6) is 5.75 Å². The highest BCUT2D eigenvalue weighted by Crippen LogP contribution is 2.24. The smallest absolute Gasteiger partial charge is 0.259 e. The van der Waals surface area contributed by atoms with Crippen LogP contribution in [0.1, 0.15) is 56.3 Å². The van der Waals surface area contributed by atoms with Gasteiger partial charge < -0.3 is 15.0 Å². The standard InChI is InChI=1S/C24H24N2O4/c1-14-21(16(3)27)15(2)25-22(14)23(28)17(4)30-20-13-9-8-12-19(20)24(29)26-18-10-6-5-7-11-18/h5-13,17,25H,1-4H3,(H,26,29)/t17-/m0/s1. The Morgan fingerprint density at radius 3 is 2.23 bits per heavy atom. The van der Waals surface area contributed by atoms with Crippen molar-refractivity contribution in [2.24, 2.45) is 0 Å². The molecule has 2 aromatic carbocycles. The van der Waals surface area contributed by atoms with E-state index >= 15 is 0 Å². The molecule has 0 fully saturated rings. The Morgan fingerprint density at radius 1 is 0.967 bits per heavy atom. The zero-order valence-electron chi connectivity index (χ0n) is 17.4. The van der Waals surface area contributed by atoms with Crippen molar-refractivity contribution in [1.29, 1.82) is 0 Å². The highest BCUT2D eigenvalue weighted by molar-refractivity contribution is 6.07. The molecular weight excluding hydrogens is 380 g/mol. The summed E-state index contributed by atoms with van der Waals surface area (Å²) in [5.41, 5.74) is 3.11. The van der Waals surface area contributed by atoms with E-state index in [1.807, 2.05) is 18.2 Å². The van der Waals surface area contributed by atoms with E-state index in [0.717, 1.165) is 0 Å². The van der Waals surface area contributed by atoms with E-state index in [2.05, 4.69) is 10.3 Å². The minimum absolute atomic E-state index is 0.100. The van der Waals surface area contributed by atoms with Crippen LogP contribution >= 0.6 is 0 Å². The van der Waals surface area contributed by atoms with E-state index in [-0.39, 0.29) is 17.5 Å². The van der Waals surface area contributed by atoms with Gasteiger partial charge in [0.1, 0.15) is 5.75 Å². The summed E-state index contributed by atoms with van der Waals surface area (Å²) in [5.74, 6) is -0.417. The van der Waals surface area contributed by atoms with Crippen molar-refractivity contribution >= 4 is 23.2 Å². The molecule has 0 spiro atoms. The van der Waals surface area contributed by atoms with Crippen molar-refractivity contribution < 1.29 is 19.1 Å². The van der Waals surface area contributed by atoms with Crippen molar-refractivity contribution in [1.82, 2.24) is 4.98 Å². The lowest BCUT2D eigenvalue weighted by molar-refractivity contribution is 0.0806. The average molecular weight is 404 g/mol. The molecule has 30 heavy (non-hydrogen) atoms. The number of ketones is 2. The molecule has 154 valence electrons. The van der Waals surface area contributed by atoms with Gasteiger partial charge in [-0.1, -0.05) is 30.3 Å². The number of nitrogens with one attached hydrogen (secondary N) is 2. The van der Waals surface area contributed by atoms with Crippen LogP contribution < -0.4 is 10.1 Å². The van der Waals surface area contributed by atoms with Gasteiger partial charge in [-0.15, -0.1) is 0 Å². The van der Waals surface area contributed by atoms with Crippen LogP contribution in [0.4, 0.5) is 5.69 Å². The van der Waals surface area contributed by atoms with Crippen molar-refractivity contribution in [2.75, 3.05) is 5.32 Å². The molecule has 0 bridgehead atoms. The molecule has 3 rings (SSSR count). The SMILES string of the molecule is CC(=O)c1c(C)[nH]c(C(=O)[C@H](C)Oc2ccccc2C(=O)Nc2ccccc2)c1C. The molecule has 0 aliphatic heterocycles. The topological polar surface area (TPSA) is 88.3 Å². The maximum atomic E-state index is 13.0. The van der Waals surface area contributed by atoms with Gasteiger partial charge in [0.25, 0.3) is 5.91 Å². The van der Waals surface area contributed by atoms with Crippen LogP contribution in [0.25, 0.3) is 0 Å². The fraction of sp³-hybridized carbons (Fsp3) is 0.208. The molecule has 0 unspecified atom stereocenters. The minimum atomic E-state index is -0.854. The van der Waals surface area contributed by atoms with Crippen LogP contribution in [0, 0.1) is 13.8 Å². The van der Waals surface area contributed by atoms with Crippen molar-refractivity contribution in [2.45, 2.75) is 33.8 Å². The Kier molecular flexibility index (Phi) is 6.16. The van der Waals surface area contributed by atoms with Gasteiger partial charge in [0.2, 0.25) is 5.78 Å². The second-order valence-electron chi connectivity index (χ2n) is 7.12. The lowest BCUT2D eigenvalue weighted by Gasteiger charge is -2.16. The first-order valence-electron chi connectivity index (χ1n) is 9.66. The number of hydrogen-bond acceptors (Lipinski definition) is 4. The van der Waals surface area contributed by atoms with E-state index in [1.54, 1.807) is 57.2 Å². The van der Waals surface area contributed by atoms with Gasteiger partial charge in [0, 0.05) is 16.9 Å². The van der Waals surface area contributed by atoms with Crippen LogP contribution in [-0.4, -0.2) is 28.6 Å². The van der Waals surface area contributed by atoms with Gasteiger partial charge in [-0.25, -0.2) is 0 Å². The molecule has 0 radical (unpaired) electrons. The number of H-pyrrole nitrogens is 1. The lowest BCUT2D eigenvalue weighted by atomic mass is 10.0. The van der Waals surface area contributed by atoms with Gasteiger partial charge in [-0.2, -0.15) is 0 Å². The normalized spacial score (nSPS) is 11.6. The van der Waals surface area contributed by atoms with E-state index in [4.69, 9.17) is 4.74 Å². The van der Waals surface area contributed by atoms with Crippen molar-refractivity contribution in [3.8, 4) is 5.75 Å². The molecule has 1 atom stereocenters. The molecule has 6 nitrogen and oxygen atoms in total. The quantitative estimate of drug-likeness (QED) is 0.557. The molecule has 0 saturated heterocycles. The third-order valence-corrected chi connectivity index (χ3v) is 4.87. The van der Waals surface area contributed by atoms with Crippen LogP contribution in [-0.2, 0) is 0 Å². The second-order valence-corrected chi connectivity index (χ2v) is 7.12. The van der Waals surface area contributed by atoms with Crippen LogP contribution in [0.2, 0.25) is 0 Å². The Labute approximate surface area is 175 Å². The summed E-state index contributed by atoms with van der Waals surface area (Å²) in [7, 11) is 0. The number of carbonyl (C=O) groups is 3. The highest BCUT2D eigenvalue weighted by Gasteiger charge is 2.26. The zero-order chi connectivity index (χ0) is 21.8. The fourth-order valence-corrected chi connectivity index (χ4v) is 3.45. The van der Waals surface area contributed by atoms with Gasteiger partial charge in [-0.05, 0) is 57.5 Å². The average Bonchev–Trinajstić information content (AvgIpc) is 3.02. The number of hydrogen-bond donors (Lipinski definition) is 2. The number of aromatic amines is 1. The molecule has 0 saturated carbocycles. The number of carbonyl (C=O) groups excluding carboxylic acids is 3. The number of ether oxygens (including phenoxy) is 1. The minimum Gasteiger partial charge on any atom is -0.482 e. The Hall–Kier alpha value is -3.67. The van der Waals surface area contributed by atoms with Crippen molar-refractivity contribution in [3.63, 3.8) is 0 Å². The Bertz CT molecular complexity index is 1100. The van der Waals surface area contributed by atoms with Gasteiger partial charge in [0.05, 0.1) is 11.3 Å². The largest absolute Gasteiger partial charge is 0.482 e. The third kappa shape index (κ3) is 4.33. The summed E-state index contributed by atoms with van der Waals surface area (Å²) < 4.78 is 5.87. The van der Waals surface area contributed by atoms with Gasteiger partial charge >= 0.3 is 0 Å². The molecule has 1 heterocycles. The Balaban J connectivity index is 1.81. The predicted octanol–water partition coefficient (Wildman–Crippen LogP) is 4.74. The van der Waals surface area contributed by atoms with Crippen molar-refractivity contribution in [3.05, 3.63) is 82.7 Å². The monoisotopic (exact) mass is 404 g/mol. The van der Waals surface area contributed by atoms with E-state index in [0.29, 0.717) is 39.5 Å². The highest BCUT2D eigenvalue weighted by atomic mass is 16.5. The van der Waals surface area contributed by atoms with Crippen LogP contribution in [0.15, 0.2) is 54.6 Å². The second kappa shape index (κ2) is 8.78. The van der Waals surface area contributed by atoms with E-state index < -0.39 is 6.10 Å². The molecular formula is C24H24N2O4. The van der Waals surface area contributed by atoms with E-state index in [1.165, 1.54) is 6.92 Å². The maximum absolute atomic E-state index is 13.0. The Morgan fingerprint density at radius 2 is 1.60 bits per heavy atom. The number of para-hydroxylation sites is 2. The molecule has 0 aliphatic carbocycles. The molecule has 1 aromatic heterocycles. The summed E-state index contributed by atoms with van der Waals surface area (Å²) in [6, 6.07) is 15.9. The van der Waals surface area contributed by atoms with Gasteiger partial charge in [-0.3, -0.25) is 14.4 Å². The third-order valence-electron chi connectivity index (χ3n) is 4.87. The molecule has 0 aliphatic rings. The number of amides is 1. The number of benzene rings is 2. The summed E-state index contributed by atoms with van der Waals surface area (Å²) in [6.45, 7) is 6.59.